The van der Waals surface area contributed by atoms with Gasteiger partial charge in [0.2, 0.25) is 10.0 Å². The molecule has 3 saturated heterocycles. The van der Waals surface area contributed by atoms with Gasteiger partial charge in [-0.25, -0.2) is 12.8 Å². The second-order valence-corrected chi connectivity index (χ2v) is 14.3. The highest BCUT2D eigenvalue weighted by Crippen LogP contribution is 2.45. The number of benzene rings is 3. The highest BCUT2D eigenvalue weighted by molar-refractivity contribution is 7.91. The molecule has 4 heterocycles. The van der Waals surface area contributed by atoms with Crippen LogP contribution in [-0.4, -0.2) is 47.9 Å². The third kappa shape index (κ3) is 5.28. The van der Waals surface area contributed by atoms with Crippen LogP contribution in [0.2, 0.25) is 5.02 Å². The summed E-state index contributed by atoms with van der Waals surface area (Å²) in [7, 11) is -2.38. The van der Waals surface area contributed by atoms with Crippen LogP contribution in [0.4, 0.5) is 10.1 Å². The summed E-state index contributed by atoms with van der Waals surface area (Å²) < 4.78 is 67.2. The number of sulfonamides is 1. The zero-order valence-corrected chi connectivity index (χ0v) is 25.7. The number of hydrogen-bond donors (Lipinski definition) is 2. The van der Waals surface area contributed by atoms with Crippen molar-refractivity contribution >= 4 is 56.4 Å². The molecule has 1 amide bonds. The zero-order valence-electron chi connectivity index (χ0n) is 24.1. The second-order valence-electron chi connectivity index (χ2n) is 12.2. The molecule has 0 unspecified atom stereocenters. The fourth-order valence-electron chi connectivity index (χ4n) is 6.03. The van der Waals surface area contributed by atoms with E-state index in [1.165, 1.54) is 37.4 Å². The van der Waals surface area contributed by atoms with Crippen molar-refractivity contribution in [1.29, 1.82) is 0 Å². The van der Waals surface area contributed by atoms with E-state index in [0.29, 0.717) is 52.9 Å². The number of halogens is 2. The van der Waals surface area contributed by atoms with Crippen LogP contribution in [0.1, 0.15) is 47.2 Å². The van der Waals surface area contributed by atoms with Gasteiger partial charge in [-0.3, -0.25) is 9.52 Å². The quantitative estimate of drug-likeness (QED) is 0.252. The van der Waals surface area contributed by atoms with E-state index in [0.717, 1.165) is 18.4 Å². The minimum Gasteiger partial charge on any atom is -0.540 e. The smallest absolute Gasteiger partial charge is 0.411 e. The lowest BCUT2D eigenvalue weighted by Gasteiger charge is -2.58. The molecule has 2 bridgehead atoms. The first-order chi connectivity index (χ1) is 21.0. The summed E-state index contributed by atoms with van der Waals surface area (Å²) in [4.78, 5) is 13.0. The van der Waals surface area contributed by atoms with Crippen molar-refractivity contribution in [2.24, 2.45) is 5.41 Å². The normalized spacial score (nSPS) is 23.2. The summed E-state index contributed by atoms with van der Waals surface area (Å²) in [5, 5.41) is 3.49. The molecule has 1 aromatic heterocycles. The van der Waals surface area contributed by atoms with E-state index in [1.807, 2.05) is 13.0 Å². The summed E-state index contributed by atoms with van der Waals surface area (Å²) in [5.41, 5.74) is 3.25. The van der Waals surface area contributed by atoms with Crippen LogP contribution in [0.3, 0.4) is 0 Å². The van der Waals surface area contributed by atoms with E-state index in [9.17, 15) is 17.6 Å². The van der Waals surface area contributed by atoms with Crippen LogP contribution in [0.25, 0.3) is 22.3 Å². The Morgan fingerprint density at radius 1 is 1.05 bits per heavy atom. The van der Waals surface area contributed by atoms with Crippen LogP contribution in [0.15, 0.2) is 59.0 Å². The van der Waals surface area contributed by atoms with Gasteiger partial charge in [-0.05, 0) is 78.4 Å². The van der Waals surface area contributed by atoms with Crippen molar-refractivity contribution in [3.8, 4) is 11.3 Å². The fraction of sp³-hybridized carbons (Fsp3) is 0.323. The molecule has 9 nitrogen and oxygen atoms in total. The molecule has 2 N–H and O–H groups in total. The number of amides is 1. The molecule has 3 aromatic carbocycles. The van der Waals surface area contributed by atoms with Crippen LogP contribution >= 0.6 is 11.6 Å². The maximum atomic E-state index is 13.6. The van der Waals surface area contributed by atoms with Crippen molar-refractivity contribution in [1.82, 2.24) is 5.32 Å². The van der Waals surface area contributed by atoms with Crippen LogP contribution in [0.5, 0.6) is 0 Å². The van der Waals surface area contributed by atoms with E-state index in [2.05, 4.69) is 10.0 Å². The molecule has 230 valence electrons. The topological polar surface area (TPSA) is 116 Å². The van der Waals surface area contributed by atoms with Gasteiger partial charge in [-0.1, -0.05) is 24.6 Å². The standard InChI is InChI=1S/C31H30BClFN2O7S/c1-31-15-40-32(41-16-31,42-17-31)25-10-9-22(12-26(25)33)36-44(38,39)14-20-11-27-24(13-23(20)18-3-4-18)28(30(37)35-2)29(43-27)19-5-7-21(34)8-6-19/h5-13,18,36H,3-4,14-17H2,1-2H3,(H,35,37)/q-1. The molecule has 1 aliphatic carbocycles. The van der Waals surface area contributed by atoms with Crippen LogP contribution < -0.4 is 15.5 Å². The Morgan fingerprint density at radius 3 is 2.34 bits per heavy atom. The number of carbonyl (C=O) groups is 1. The first-order valence-corrected chi connectivity index (χ1v) is 16.4. The molecule has 0 spiro atoms. The van der Waals surface area contributed by atoms with E-state index in [1.54, 1.807) is 18.2 Å². The average molecular weight is 640 g/mol. The predicted molar refractivity (Wildman–Crippen MR) is 166 cm³/mol. The Kier molecular flexibility index (Phi) is 7.06. The third-order valence-corrected chi connectivity index (χ3v) is 10.0. The number of anilines is 1. The van der Waals surface area contributed by atoms with E-state index < -0.39 is 22.6 Å². The summed E-state index contributed by atoms with van der Waals surface area (Å²) in [6.07, 6.45) is 1.83. The Balaban J connectivity index is 1.20. The van der Waals surface area contributed by atoms with Gasteiger partial charge in [0.25, 0.3) is 5.91 Å². The van der Waals surface area contributed by atoms with E-state index >= 15 is 0 Å². The van der Waals surface area contributed by atoms with Gasteiger partial charge in [0, 0.05) is 53.9 Å². The number of hydrogen-bond acceptors (Lipinski definition) is 7. The summed E-state index contributed by atoms with van der Waals surface area (Å²) >= 11 is 6.60. The summed E-state index contributed by atoms with van der Waals surface area (Å²) in [5.74, 6) is -0.631. The lowest BCUT2D eigenvalue weighted by molar-refractivity contribution is -0.119. The lowest BCUT2D eigenvalue weighted by atomic mass is 9.64. The molecule has 44 heavy (non-hydrogen) atoms. The number of carbonyl (C=O) groups excluding carboxylic acids is 1. The van der Waals surface area contributed by atoms with Crippen molar-refractivity contribution in [2.75, 3.05) is 31.6 Å². The molecule has 3 aliphatic heterocycles. The average Bonchev–Trinajstić information content (AvgIpc) is 3.77. The first kappa shape index (κ1) is 29.3. The fourth-order valence-corrected chi connectivity index (χ4v) is 7.56. The number of nitrogens with one attached hydrogen (secondary N) is 2. The molecular weight excluding hydrogens is 610 g/mol. The minimum atomic E-state index is -3.90. The molecule has 4 aliphatic rings. The molecular formula is C31H30BClFN2O7S-. The number of rotatable bonds is 8. The van der Waals surface area contributed by atoms with Crippen molar-refractivity contribution in [3.63, 3.8) is 0 Å². The van der Waals surface area contributed by atoms with Gasteiger partial charge >= 0.3 is 6.75 Å². The van der Waals surface area contributed by atoms with Crippen LogP contribution in [0, 0.1) is 11.2 Å². The van der Waals surface area contributed by atoms with Crippen molar-refractivity contribution < 1.29 is 36.0 Å². The minimum absolute atomic E-state index is 0.175. The Hall–Kier alpha value is -3.42. The van der Waals surface area contributed by atoms with Gasteiger partial charge < -0.3 is 23.7 Å². The Bertz CT molecular complexity index is 1890. The van der Waals surface area contributed by atoms with E-state index in [-0.39, 0.29) is 39.5 Å². The highest BCUT2D eigenvalue weighted by atomic mass is 35.5. The molecule has 4 fully saturated rings. The third-order valence-electron chi connectivity index (χ3n) is 8.48. The van der Waals surface area contributed by atoms with E-state index in [4.69, 9.17) is 30.0 Å². The zero-order chi connectivity index (χ0) is 30.9. The molecule has 1 saturated carbocycles. The summed E-state index contributed by atoms with van der Waals surface area (Å²) in [6, 6.07) is 14.0. The maximum Gasteiger partial charge on any atom is 0.411 e. The van der Waals surface area contributed by atoms with Gasteiger partial charge in [0.15, 0.2) is 0 Å². The number of fused-ring (bicyclic) bond motifs is 4. The highest BCUT2D eigenvalue weighted by Gasteiger charge is 2.47. The molecule has 8 rings (SSSR count). The van der Waals surface area contributed by atoms with Gasteiger partial charge in [-0.2, -0.15) is 0 Å². The van der Waals surface area contributed by atoms with Crippen molar-refractivity contribution in [3.05, 3.63) is 82.1 Å². The maximum absolute atomic E-state index is 13.6. The van der Waals surface area contributed by atoms with Gasteiger partial charge in [0.1, 0.15) is 17.2 Å². The lowest BCUT2D eigenvalue weighted by Crippen LogP contribution is -2.69. The monoisotopic (exact) mass is 639 g/mol. The Labute approximate surface area is 259 Å². The first-order valence-electron chi connectivity index (χ1n) is 14.4. The molecule has 13 heteroatoms. The van der Waals surface area contributed by atoms with Crippen molar-refractivity contribution in [2.45, 2.75) is 31.4 Å². The second kappa shape index (κ2) is 10.6. The Morgan fingerprint density at radius 2 is 1.73 bits per heavy atom. The van der Waals surface area contributed by atoms with Gasteiger partial charge in [-0.15, -0.1) is 5.46 Å². The largest absolute Gasteiger partial charge is 0.540 e. The predicted octanol–water partition coefficient (Wildman–Crippen LogP) is 5.30. The number of furan rings is 1. The molecule has 4 aromatic rings. The molecule has 0 atom stereocenters. The SMILES string of the molecule is CNC(=O)c1c(-c2ccc(F)cc2)oc2cc(CS(=O)(=O)Nc3ccc([B-]45OCC(C)(CO4)CO5)c(Cl)c3)c(C3CC3)cc12. The van der Waals surface area contributed by atoms with Crippen LogP contribution in [-0.2, 0) is 29.7 Å². The molecule has 0 radical (unpaired) electrons. The van der Waals surface area contributed by atoms with Gasteiger partial charge in [0.05, 0.1) is 11.3 Å². The summed E-state index contributed by atoms with van der Waals surface area (Å²) in [6.45, 7) is 1.28.